The average Bonchev–Trinajstić information content (AvgIpc) is 2.31. The fourth-order valence-electron chi connectivity index (χ4n) is 1.40. The quantitative estimate of drug-likeness (QED) is 0.826. The van der Waals surface area contributed by atoms with Crippen molar-refractivity contribution < 1.29 is 14.3 Å². The van der Waals surface area contributed by atoms with Crippen LogP contribution < -0.4 is 10.6 Å². The third-order valence-corrected chi connectivity index (χ3v) is 2.85. The number of esters is 1. The molecular formula is C14H18Cl2N2O3. The smallest absolute Gasteiger partial charge is 0.328 e. The number of halogens is 2. The minimum absolute atomic E-state index is 0.347. The molecule has 0 unspecified atom stereocenters. The number of ether oxygens (including phenoxy) is 1. The van der Waals surface area contributed by atoms with Gasteiger partial charge < -0.3 is 15.4 Å². The Labute approximate surface area is 133 Å². The number of hydrogen-bond donors (Lipinski definition) is 2. The van der Waals surface area contributed by atoms with Crippen molar-refractivity contribution in [2.24, 2.45) is 0 Å². The van der Waals surface area contributed by atoms with Crippen LogP contribution in [0, 0.1) is 0 Å². The maximum atomic E-state index is 11.8. The maximum absolute atomic E-state index is 11.8. The summed E-state index contributed by atoms with van der Waals surface area (Å²) in [6, 6.07) is 3.33. The number of carbonyl (C=O) groups is 2. The second kappa shape index (κ2) is 7.00. The van der Waals surface area contributed by atoms with Crippen LogP contribution in [0.1, 0.15) is 27.7 Å². The van der Waals surface area contributed by atoms with Crippen molar-refractivity contribution in [3.05, 3.63) is 28.2 Å². The molecule has 0 aliphatic heterocycles. The molecule has 21 heavy (non-hydrogen) atoms. The molecule has 7 heteroatoms. The van der Waals surface area contributed by atoms with Gasteiger partial charge in [-0.3, -0.25) is 0 Å². The number of nitrogens with one attached hydrogen (secondary N) is 2. The highest BCUT2D eigenvalue weighted by atomic mass is 35.5. The van der Waals surface area contributed by atoms with Gasteiger partial charge in [-0.05, 0) is 45.9 Å². The molecule has 1 aromatic carbocycles. The second-order valence-corrected chi connectivity index (χ2v) is 6.32. The lowest BCUT2D eigenvalue weighted by atomic mass is 10.2. The molecule has 0 saturated heterocycles. The van der Waals surface area contributed by atoms with Gasteiger partial charge in [0.05, 0.1) is 10.7 Å². The van der Waals surface area contributed by atoms with Crippen LogP contribution in [-0.2, 0) is 9.53 Å². The lowest BCUT2D eigenvalue weighted by Gasteiger charge is -2.22. The topological polar surface area (TPSA) is 67.4 Å². The number of anilines is 1. The van der Waals surface area contributed by atoms with E-state index in [4.69, 9.17) is 27.9 Å². The number of benzene rings is 1. The Morgan fingerprint density at radius 3 is 2.43 bits per heavy atom. The van der Waals surface area contributed by atoms with Gasteiger partial charge in [0.25, 0.3) is 0 Å². The van der Waals surface area contributed by atoms with Crippen molar-refractivity contribution in [1.29, 1.82) is 0 Å². The van der Waals surface area contributed by atoms with E-state index in [1.165, 1.54) is 13.0 Å². The van der Waals surface area contributed by atoms with Crippen LogP contribution in [0.3, 0.4) is 0 Å². The molecule has 1 rings (SSSR count). The number of amides is 2. The van der Waals surface area contributed by atoms with Crippen LogP contribution in [0.25, 0.3) is 0 Å². The molecule has 0 bridgehead atoms. The zero-order valence-corrected chi connectivity index (χ0v) is 13.8. The molecular weight excluding hydrogens is 315 g/mol. The third-order valence-electron chi connectivity index (χ3n) is 2.28. The second-order valence-electron chi connectivity index (χ2n) is 5.48. The fourth-order valence-corrected chi connectivity index (χ4v) is 1.73. The Hall–Kier alpha value is -1.46. The van der Waals surface area contributed by atoms with E-state index >= 15 is 0 Å². The summed E-state index contributed by atoms with van der Waals surface area (Å²) in [4.78, 5) is 23.6. The van der Waals surface area contributed by atoms with E-state index in [-0.39, 0.29) is 0 Å². The summed E-state index contributed by atoms with van der Waals surface area (Å²) < 4.78 is 5.16. The largest absolute Gasteiger partial charge is 0.458 e. The van der Waals surface area contributed by atoms with Gasteiger partial charge >= 0.3 is 12.0 Å². The predicted octanol–water partition coefficient (Wildman–Crippen LogP) is 3.85. The van der Waals surface area contributed by atoms with Gasteiger partial charge in [-0.2, -0.15) is 0 Å². The molecule has 0 spiro atoms. The monoisotopic (exact) mass is 332 g/mol. The highest BCUT2D eigenvalue weighted by molar-refractivity contribution is 6.35. The first-order chi connectivity index (χ1) is 9.58. The lowest BCUT2D eigenvalue weighted by Crippen LogP contribution is -2.44. The van der Waals surface area contributed by atoms with E-state index in [2.05, 4.69) is 10.6 Å². The zero-order valence-electron chi connectivity index (χ0n) is 12.3. The SMILES string of the molecule is C[C@@H](NC(=O)Nc1cc(Cl)ccc1Cl)C(=O)OC(C)(C)C. The summed E-state index contributed by atoms with van der Waals surface area (Å²) >= 11 is 11.8. The van der Waals surface area contributed by atoms with Crippen molar-refractivity contribution in [3.63, 3.8) is 0 Å². The van der Waals surface area contributed by atoms with Gasteiger partial charge in [-0.15, -0.1) is 0 Å². The number of urea groups is 1. The summed E-state index contributed by atoms with van der Waals surface area (Å²) in [5.41, 5.74) is -0.252. The van der Waals surface area contributed by atoms with Crippen molar-refractivity contribution in [2.45, 2.75) is 39.3 Å². The highest BCUT2D eigenvalue weighted by Gasteiger charge is 2.23. The Kier molecular flexibility index (Phi) is 5.87. The van der Waals surface area contributed by atoms with Crippen LogP contribution in [0.5, 0.6) is 0 Å². The fraction of sp³-hybridized carbons (Fsp3) is 0.429. The molecule has 0 saturated carbocycles. The van der Waals surface area contributed by atoms with Crippen molar-refractivity contribution in [1.82, 2.24) is 5.32 Å². The van der Waals surface area contributed by atoms with Crippen LogP contribution in [0.4, 0.5) is 10.5 Å². The number of hydrogen-bond acceptors (Lipinski definition) is 3. The molecule has 5 nitrogen and oxygen atoms in total. The first-order valence-electron chi connectivity index (χ1n) is 6.34. The minimum atomic E-state index is -0.790. The summed E-state index contributed by atoms with van der Waals surface area (Å²) in [6.45, 7) is 6.80. The van der Waals surface area contributed by atoms with E-state index < -0.39 is 23.6 Å². The van der Waals surface area contributed by atoms with Crippen LogP contribution in [0.15, 0.2) is 18.2 Å². The molecule has 0 aliphatic rings. The Morgan fingerprint density at radius 1 is 1.24 bits per heavy atom. The van der Waals surface area contributed by atoms with Gasteiger partial charge in [-0.25, -0.2) is 9.59 Å². The molecule has 116 valence electrons. The maximum Gasteiger partial charge on any atom is 0.328 e. The Bertz CT molecular complexity index is 542. The Morgan fingerprint density at radius 2 is 1.86 bits per heavy atom. The molecule has 1 atom stereocenters. The number of carbonyl (C=O) groups excluding carboxylic acids is 2. The minimum Gasteiger partial charge on any atom is -0.458 e. The molecule has 0 aromatic heterocycles. The first-order valence-corrected chi connectivity index (χ1v) is 7.09. The Balaban J connectivity index is 2.61. The molecule has 0 heterocycles. The molecule has 0 radical (unpaired) electrons. The normalized spacial score (nSPS) is 12.5. The number of rotatable bonds is 3. The molecule has 1 aromatic rings. The zero-order chi connectivity index (χ0) is 16.2. The predicted molar refractivity (Wildman–Crippen MR) is 83.9 cm³/mol. The summed E-state index contributed by atoms with van der Waals surface area (Å²) in [5.74, 6) is -0.519. The van der Waals surface area contributed by atoms with Gasteiger partial charge in [0.2, 0.25) is 0 Å². The van der Waals surface area contributed by atoms with Crippen molar-refractivity contribution in [3.8, 4) is 0 Å². The van der Waals surface area contributed by atoms with Crippen LogP contribution in [0.2, 0.25) is 10.0 Å². The highest BCUT2D eigenvalue weighted by Crippen LogP contribution is 2.25. The van der Waals surface area contributed by atoms with Gasteiger partial charge in [0.1, 0.15) is 11.6 Å². The van der Waals surface area contributed by atoms with Crippen LogP contribution in [-0.4, -0.2) is 23.6 Å². The molecule has 2 amide bonds. The molecule has 0 fully saturated rings. The van der Waals surface area contributed by atoms with Gasteiger partial charge in [-0.1, -0.05) is 23.2 Å². The van der Waals surface area contributed by atoms with E-state index in [1.54, 1.807) is 32.9 Å². The van der Waals surface area contributed by atoms with E-state index in [1.807, 2.05) is 0 Å². The summed E-state index contributed by atoms with van der Waals surface area (Å²) in [7, 11) is 0. The van der Waals surface area contributed by atoms with E-state index in [9.17, 15) is 9.59 Å². The summed E-state index contributed by atoms with van der Waals surface area (Å²) in [5, 5.41) is 5.78. The first kappa shape index (κ1) is 17.6. The average molecular weight is 333 g/mol. The van der Waals surface area contributed by atoms with Crippen molar-refractivity contribution in [2.75, 3.05) is 5.32 Å². The molecule has 2 N–H and O–H groups in total. The third kappa shape index (κ3) is 6.23. The van der Waals surface area contributed by atoms with Crippen LogP contribution >= 0.6 is 23.2 Å². The molecule has 0 aliphatic carbocycles. The van der Waals surface area contributed by atoms with E-state index in [0.717, 1.165) is 0 Å². The summed E-state index contributed by atoms with van der Waals surface area (Å²) in [6.07, 6.45) is 0. The van der Waals surface area contributed by atoms with Gasteiger partial charge in [0.15, 0.2) is 0 Å². The van der Waals surface area contributed by atoms with Crippen molar-refractivity contribution >= 4 is 40.9 Å². The lowest BCUT2D eigenvalue weighted by molar-refractivity contribution is -0.156. The van der Waals surface area contributed by atoms with Gasteiger partial charge in [0, 0.05) is 5.02 Å². The standard InChI is InChI=1S/C14H18Cl2N2O3/c1-8(12(19)21-14(2,3)4)17-13(20)18-11-7-9(15)5-6-10(11)16/h5-8H,1-4H3,(H2,17,18,20)/t8-/m1/s1. The van der Waals surface area contributed by atoms with E-state index in [0.29, 0.717) is 15.7 Å².